The number of hydrogen-bond acceptors (Lipinski definition) is 0. The van der Waals surface area contributed by atoms with Crippen LogP contribution < -0.4 is 0 Å². The van der Waals surface area contributed by atoms with Crippen molar-refractivity contribution in [3.8, 4) is 0 Å². The molecule has 0 bridgehead atoms. The van der Waals surface area contributed by atoms with Gasteiger partial charge in [-0.25, -0.2) is 4.39 Å². The van der Waals surface area contributed by atoms with Crippen molar-refractivity contribution >= 4 is 0 Å². The van der Waals surface area contributed by atoms with Crippen molar-refractivity contribution in [2.75, 3.05) is 6.67 Å². The first-order chi connectivity index (χ1) is 4.48. The van der Waals surface area contributed by atoms with Gasteiger partial charge in [0.2, 0.25) is 0 Å². The molecular weight excluding hydrogens is 155 g/mol. The van der Waals surface area contributed by atoms with Gasteiger partial charge in [0, 0.05) is 0 Å². The lowest BCUT2D eigenvalue weighted by Crippen LogP contribution is -2.24. The molecule has 62 valence electrons. The fourth-order valence-corrected chi connectivity index (χ4v) is 0.420. The van der Waals surface area contributed by atoms with Gasteiger partial charge in [0.05, 0.1) is 6.67 Å². The molecule has 10 heavy (non-hydrogen) atoms. The Bertz CT molecular complexity index is 86.5. The van der Waals surface area contributed by atoms with Crippen molar-refractivity contribution in [2.45, 2.75) is 25.2 Å². The summed E-state index contributed by atoms with van der Waals surface area (Å²) >= 11 is 0. The third-order valence-corrected chi connectivity index (χ3v) is 0.946. The normalized spacial score (nSPS) is 15.3. The topological polar surface area (TPSA) is 0 Å². The Morgan fingerprint density at radius 3 is 2.00 bits per heavy atom. The Morgan fingerprint density at radius 1 is 1.20 bits per heavy atom. The maximum Gasteiger partial charge on any atom is 0.419 e. The molecule has 0 heterocycles. The van der Waals surface area contributed by atoms with Crippen LogP contribution in [0.1, 0.15) is 12.8 Å². The standard InChI is InChI=1S/C5H7F5/c6-3-1-2-4(7)5(8,9)10/h4H,1-3H2. The van der Waals surface area contributed by atoms with Crippen molar-refractivity contribution in [3.63, 3.8) is 0 Å². The zero-order valence-corrected chi connectivity index (χ0v) is 5.09. The molecule has 0 saturated carbocycles. The third-order valence-electron chi connectivity index (χ3n) is 0.946. The van der Waals surface area contributed by atoms with E-state index in [2.05, 4.69) is 0 Å². The highest BCUT2D eigenvalue weighted by Gasteiger charge is 2.39. The lowest BCUT2D eigenvalue weighted by atomic mass is 10.2. The monoisotopic (exact) mass is 162 g/mol. The molecule has 0 aromatic heterocycles. The fourth-order valence-electron chi connectivity index (χ4n) is 0.420. The number of rotatable bonds is 3. The molecule has 0 nitrogen and oxygen atoms in total. The molecule has 0 aromatic carbocycles. The van der Waals surface area contributed by atoms with Gasteiger partial charge in [-0.3, -0.25) is 4.39 Å². The summed E-state index contributed by atoms with van der Waals surface area (Å²) in [5.74, 6) is 0. The zero-order chi connectivity index (χ0) is 8.20. The Morgan fingerprint density at radius 2 is 1.70 bits per heavy atom. The summed E-state index contributed by atoms with van der Waals surface area (Å²) in [6.07, 6.45) is -8.85. The molecule has 0 rings (SSSR count). The summed E-state index contributed by atoms with van der Waals surface area (Å²) in [7, 11) is 0. The smallest absolute Gasteiger partial charge is 0.251 e. The number of alkyl halides is 5. The van der Waals surface area contributed by atoms with Crippen molar-refractivity contribution in [3.05, 3.63) is 0 Å². The average Bonchev–Trinajstić information content (AvgIpc) is 1.80. The molecule has 1 atom stereocenters. The minimum absolute atomic E-state index is 0.374. The molecule has 0 spiro atoms. The van der Waals surface area contributed by atoms with Crippen LogP contribution in [0.2, 0.25) is 0 Å². The number of hydrogen-bond donors (Lipinski definition) is 0. The van der Waals surface area contributed by atoms with E-state index in [0.29, 0.717) is 0 Å². The van der Waals surface area contributed by atoms with E-state index in [0.717, 1.165) is 0 Å². The molecule has 0 aromatic rings. The summed E-state index contributed by atoms with van der Waals surface area (Å²) in [6, 6.07) is 0. The fraction of sp³-hybridized carbons (Fsp3) is 1.00. The summed E-state index contributed by atoms with van der Waals surface area (Å²) in [5.41, 5.74) is 0. The van der Waals surface area contributed by atoms with Crippen LogP contribution >= 0.6 is 0 Å². The van der Waals surface area contributed by atoms with Crippen molar-refractivity contribution in [2.24, 2.45) is 0 Å². The zero-order valence-electron chi connectivity index (χ0n) is 5.09. The van der Waals surface area contributed by atoms with Crippen LogP contribution in [0.15, 0.2) is 0 Å². The van der Waals surface area contributed by atoms with Crippen LogP contribution in [0.4, 0.5) is 22.0 Å². The Balaban J connectivity index is 3.52. The van der Waals surface area contributed by atoms with Crippen LogP contribution in [-0.4, -0.2) is 19.0 Å². The van der Waals surface area contributed by atoms with Crippen LogP contribution in [-0.2, 0) is 0 Å². The quantitative estimate of drug-likeness (QED) is 0.559. The molecule has 0 amide bonds. The lowest BCUT2D eigenvalue weighted by Gasteiger charge is -2.10. The highest BCUT2D eigenvalue weighted by molar-refractivity contribution is 4.64. The third kappa shape index (κ3) is 3.63. The van der Waals surface area contributed by atoms with E-state index in [1.165, 1.54) is 0 Å². The van der Waals surface area contributed by atoms with E-state index in [-0.39, 0.29) is 6.42 Å². The van der Waals surface area contributed by atoms with E-state index in [9.17, 15) is 22.0 Å². The molecule has 0 aliphatic carbocycles. The largest absolute Gasteiger partial charge is 0.419 e. The summed E-state index contributed by atoms with van der Waals surface area (Å²) in [5, 5.41) is 0. The van der Waals surface area contributed by atoms with Crippen LogP contribution in [0.3, 0.4) is 0 Å². The van der Waals surface area contributed by atoms with Gasteiger partial charge in [0.25, 0.3) is 0 Å². The van der Waals surface area contributed by atoms with Crippen molar-refractivity contribution in [1.82, 2.24) is 0 Å². The summed E-state index contributed by atoms with van der Waals surface area (Å²) < 4.78 is 56.8. The first-order valence-electron chi connectivity index (χ1n) is 2.75. The highest BCUT2D eigenvalue weighted by Crippen LogP contribution is 2.25. The second kappa shape index (κ2) is 3.73. The molecule has 5 heteroatoms. The van der Waals surface area contributed by atoms with Gasteiger partial charge in [0.15, 0.2) is 6.17 Å². The second-order valence-electron chi connectivity index (χ2n) is 1.84. The van der Waals surface area contributed by atoms with Crippen LogP contribution in [0.25, 0.3) is 0 Å². The van der Waals surface area contributed by atoms with Gasteiger partial charge < -0.3 is 0 Å². The predicted molar refractivity (Wildman–Crippen MR) is 26.2 cm³/mol. The first kappa shape index (κ1) is 9.65. The van der Waals surface area contributed by atoms with Gasteiger partial charge in [-0.2, -0.15) is 13.2 Å². The maximum atomic E-state index is 11.8. The molecule has 0 aliphatic heterocycles. The Labute approximate surface area is 55.0 Å². The molecular formula is C5H7F5. The van der Waals surface area contributed by atoms with E-state index in [1.54, 1.807) is 0 Å². The SMILES string of the molecule is FCCCC(F)C(F)(F)F. The Kier molecular flexibility index (Phi) is 3.60. The summed E-state index contributed by atoms with van der Waals surface area (Å²) in [6.45, 7) is -0.906. The lowest BCUT2D eigenvalue weighted by molar-refractivity contribution is -0.182. The minimum Gasteiger partial charge on any atom is -0.251 e. The van der Waals surface area contributed by atoms with E-state index >= 15 is 0 Å². The molecule has 0 fully saturated rings. The first-order valence-corrected chi connectivity index (χ1v) is 2.75. The molecule has 0 N–H and O–H groups in total. The summed E-state index contributed by atoms with van der Waals surface area (Å²) in [4.78, 5) is 0. The minimum atomic E-state index is -4.82. The van der Waals surface area contributed by atoms with E-state index < -0.39 is 25.4 Å². The van der Waals surface area contributed by atoms with Crippen molar-refractivity contribution in [1.29, 1.82) is 0 Å². The van der Waals surface area contributed by atoms with Gasteiger partial charge in [-0.05, 0) is 12.8 Å². The predicted octanol–water partition coefficient (Wildman–Crippen LogP) is 2.64. The molecule has 1 unspecified atom stereocenters. The van der Waals surface area contributed by atoms with E-state index in [1.807, 2.05) is 0 Å². The average molecular weight is 162 g/mol. The maximum absolute atomic E-state index is 11.8. The Hall–Kier alpha value is -0.350. The van der Waals surface area contributed by atoms with Gasteiger partial charge >= 0.3 is 6.18 Å². The molecule has 0 saturated heterocycles. The highest BCUT2D eigenvalue weighted by atomic mass is 19.4. The molecule has 0 radical (unpaired) electrons. The van der Waals surface area contributed by atoms with E-state index in [4.69, 9.17) is 0 Å². The number of halogens is 5. The van der Waals surface area contributed by atoms with Gasteiger partial charge in [-0.1, -0.05) is 0 Å². The van der Waals surface area contributed by atoms with Gasteiger partial charge in [0.1, 0.15) is 0 Å². The van der Waals surface area contributed by atoms with Crippen molar-refractivity contribution < 1.29 is 22.0 Å². The van der Waals surface area contributed by atoms with Crippen LogP contribution in [0.5, 0.6) is 0 Å². The second-order valence-corrected chi connectivity index (χ2v) is 1.84. The molecule has 0 aliphatic rings. The van der Waals surface area contributed by atoms with Gasteiger partial charge in [-0.15, -0.1) is 0 Å². The van der Waals surface area contributed by atoms with Crippen LogP contribution in [0, 0.1) is 0 Å².